The first kappa shape index (κ1) is 18.3. The lowest BCUT2D eigenvalue weighted by Gasteiger charge is -2.35. The standard InChI is InChI=1S/C22H21ClN2O4/c23-16-4-1-14(2-5-16)21(26)24-7-9-25(10-8-24)22(27)18-12-17(18)15-3-6-19-20(11-15)29-13-28-19/h1-6,11,17-18H,7-10,12-13H2. The van der Waals surface area contributed by atoms with Gasteiger partial charge in [0.15, 0.2) is 11.5 Å². The molecule has 2 atom stereocenters. The van der Waals surface area contributed by atoms with Crippen LogP contribution in [0, 0.1) is 5.92 Å². The van der Waals surface area contributed by atoms with E-state index >= 15 is 0 Å². The summed E-state index contributed by atoms with van der Waals surface area (Å²) in [4.78, 5) is 29.2. The number of nitrogens with zero attached hydrogens (tertiary/aromatic N) is 2. The summed E-state index contributed by atoms with van der Waals surface area (Å²) in [7, 11) is 0. The molecule has 1 saturated heterocycles. The number of halogens is 1. The summed E-state index contributed by atoms with van der Waals surface area (Å²) in [6, 6.07) is 12.8. The molecule has 2 aliphatic heterocycles. The molecule has 0 aromatic heterocycles. The van der Waals surface area contributed by atoms with E-state index in [4.69, 9.17) is 21.1 Å². The number of hydrogen-bond donors (Lipinski definition) is 0. The number of rotatable bonds is 3. The van der Waals surface area contributed by atoms with Gasteiger partial charge in [-0.25, -0.2) is 0 Å². The monoisotopic (exact) mass is 412 g/mol. The van der Waals surface area contributed by atoms with Crippen molar-refractivity contribution in [2.24, 2.45) is 5.92 Å². The van der Waals surface area contributed by atoms with Crippen LogP contribution in [0.25, 0.3) is 0 Å². The molecule has 2 aromatic carbocycles. The van der Waals surface area contributed by atoms with Crippen molar-refractivity contribution in [3.8, 4) is 11.5 Å². The number of carbonyl (C=O) groups excluding carboxylic acids is 2. The van der Waals surface area contributed by atoms with Gasteiger partial charge in [0.25, 0.3) is 5.91 Å². The second-order valence-electron chi connectivity index (χ2n) is 7.69. The second-order valence-corrected chi connectivity index (χ2v) is 8.12. The molecule has 0 N–H and O–H groups in total. The second kappa shape index (κ2) is 7.26. The lowest BCUT2D eigenvalue weighted by atomic mass is 10.1. The van der Waals surface area contributed by atoms with E-state index in [1.807, 2.05) is 23.1 Å². The van der Waals surface area contributed by atoms with Crippen LogP contribution in [-0.4, -0.2) is 54.6 Å². The highest BCUT2D eigenvalue weighted by atomic mass is 35.5. The third-order valence-electron chi connectivity index (χ3n) is 5.90. The van der Waals surface area contributed by atoms with E-state index in [-0.39, 0.29) is 30.4 Å². The number of benzene rings is 2. The third kappa shape index (κ3) is 3.53. The summed E-state index contributed by atoms with van der Waals surface area (Å²) in [5.74, 6) is 1.96. The Morgan fingerprint density at radius 3 is 2.34 bits per heavy atom. The van der Waals surface area contributed by atoms with Crippen molar-refractivity contribution in [2.75, 3.05) is 33.0 Å². The number of hydrogen-bond acceptors (Lipinski definition) is 4. The summed E-state index contributed by atoms with van der Waals surface area (Å²) in [6.45, 7) is 2.50. The average Bonchev–Trinajstić information content (AvgIpc) is 3.42. The molecule has 2 fully saturated rings. The predicted molar refractivity (Wildman–Crippen MR) is 107 cm³/mol. The quantitative estimate of drug-likeness (QED) is 0.777. The Hall–Kier alpha value is -2.73. The lowest BCUT2D eigenvalue weighted by molar-refractivity contribution is -0.134. The Kier molecular flexibility index (Phi) is 4.59. The molecule has 6 nitrogen and oxygen atoms in total. The first-order chi connectivity index (χ1) is 14.1. The molecule has 2 heterocycles. The molecule has 0 bridgehead atoms. The van der Waals surface area contributed by atoms with Crippen LogP contribution in [0.5, 0.6) is 11.5 Å². The SMILES string of the molecule is O=C(c1ccc(Cl)cc1)N1CCN(C(=O)C2CC2c2ccc3c(c2)OCO3)CC1. The fourth-order valence-electron chi connectivity index (χ4n) is 4.12. The van der Waals surface area contributed by atoms with Gasteiger partial charge in [-0.2, -0.15) is 0 Å². The lowest BCUT2D eigenvalue weighted by Crippen LogP contribution is -2.51. The van der Waals surface area contributed by atoms with Crippen LogP contribution in [0.1, 0.15) is 28.3 Å². The minimum Gasteiger partial charge on any atom is -0.454 e. The van der Waals surface area contributed by atoms with Gasteiger partial charge in [0.2, 0.25) is 12.7 Å². The van der Waals surface area contributed by atoms with Crippen LogP contribution in [0.2, 0.25) is 5.02 Å². The zero-order valence-electron chi connectivity index (χ0n) is 15.8. The van der Waals surface area contributed by atoms with Crippen molar-refractivity contribution < 1.29 is 19.1 Å². The average molecular weight is 413 g/mol. The van der Waals surface area contributed by atoms with E-state index in [1.54, 1.807) is 29.2 Å². The van der Waals surface area contributed by atoms with E-state index in [0.29, 0.717) is 36.8 Å². The topological polar surface area (TPSA) is 59.1 Å². The van der Waals surface area contributed by atoms with Crippen LogP contribution in [-0.2, 0) is 4.79 Å². The molecular weight excluding hydrogens is 392 g/mol. The normalized spacial score (nSPS) is 22.5. The molecule has 29 heavy (non-hydrogen) atoms. The van der Waals surface area contributed by atoms with Crippen molar-refractivity contribution >= 4 is 23.4 Å². The van der Waals surface area contributed by atoms with Gasteiger partial charge in [0, 0.05) is 42.7 Å². The Balaban J connectivity index is 1.17. The van der Waals surface area contributed by atoms with E-state index in [9.17, 15) is 9.59 Å². The highest BCUT2D eigenvalue weighted by molar-refractivity contribution is 6.30. The van der Waals surface area contributed by atoms with E-state index < -0.39 is 0 Å². The molecule has 2 unspecified atom stereocenters. The molecule has 2 aromatic rings. The maximum Gasteiger partial charge on any atom is 0.253 e. The van der Waals surface area contributed by atoms with Gasteiger partial charge in [-0.15, -0.1) is 0 Å². The number of ether oxygens (including phenoxy) is 2. The predicted octanol–water partition coefficient (Wildman–Crippen LogP) is 3.16. The summed E-state index contributed by atoms with van der Waals surface area (Å²) in [5.41, 5.74) is 1.75. The molecule has 7 heteroatoms. The van der Waals surface area contributed by atoms with Crippen LogP contribution in [0.4, 0.5) is 0 Å². The fourth-order valence-corrected chi connectivity index (χ4v) is 4.25. The number of carbonyl (C=O) groups is 2. The zero-order chi connectivity index (χ0) is 20.0. The van der Waals surface area contributed by atoms with Crippen LogP contribution in [0.15, 0.2) is 42.5 Å². The molecule has 1 aliphatic carbocycles. The largest absolute Gasteiger partial charge is 0.454 e. The van der Waals surface area contributed by atoms with Crippen molar-refractivity contribution in [1.29, 1.82) is 0 Å². The number of piperazine rings is 1. The maximum atomic E-state index is 12.9. The van der Waals surface area contributed by atoms with Crippen LogP contribution < -0.4 is 9.47 Å². The third-order valence-corrected chi connectivity index (χ3v) is 6.15. The Bertz CT molecular complexity index is 954. The first-order valence-corrected chi connectivity index (χ1v) is 10.2. The van der Waals surface area contributed by atoms with Gasteiger partial charge in [-0.3, -0.25) is 9.59 Å². The Labute approximate surface area is 173 Å². The van der Waals surface area contributed by atoms with E-state index in [1.165, 1.54) is 0 Å². The number of fused-ring (bicyclic) bond motifs is 1. The van der Waals surface area contributed by atoms with E-state index in [0.717, 1.165) is 23.5 Å². The van der Waals surface area contributed by atoms with Crippen molar-refractivity contribution in [1.82, 2.24) is 9.80 Å². The molecule has 5 rings (SSSR count). The molecule has 150 valence electrons. The van der Waals surface area contributed by atoms with Crippen LogP contribution >= 0.6 is 11.6 Å². The highest BCUT2D eigenvalue weighted by Crippen LogP contribution is 2.50. The molecule has 3 aliphatic rings. The molecule has 1 saturated carbocycles. The van der Waals surface area contributed by atoms with Crippen molar-refractivity contribution in [3.05, 3.63) is 58.6 Å². The molecular formula is C22H21ClN2O4. The number of amides is 2. The van der Waals surface area contributed by atoms with Gasteiger partial charge < -0.3 is 19.3 Å². The van der Waals surface area contributed by atoms with Crippen LogP contribution in [0.3, 0.4) is 0 Å². The minimum atomic E-state index is -0.0153. The molecule has 0 spiro atoms. The van der Waals surface area contributed by atoms with Gasteiger partial charge >= 0.3 is 0 Å². The maximum absolute atomic E-state index is 12.9. The summed E-state index contributed by atoms with van der Waals surface area (Å²) in [5, 5.41) is 0.610. The van der Waals surface area contributed by atoms with Gasteiger partial charge in [-0.1, -0.05) is 17.7 Å². The zero-order valence-corrected chi connectivity index (χ0v) is 16.6. The van der Waals surface area contributed by atoms with Crippen molar-refractivity contribution in [2.45, 2.75) is 12.3 Å². The van der Waals surface area contributed by atoms with Crippen molar-refractivity contribution in [3.63, 3.8) is 0 Å². The smallest absolute Gasteiger partial charge is 0.253 e. The Morgan fingerprint density at radius 1 is 0.897 bits per heavy atom. The summed E-state index contributed by atoms with van der Waals surface area (Å²) in [6.07, 6.45) is 0.863. The minimum absolute atomic E-state index is 0.0153. The van der Waals surface area contributed by atoms with E-state index in [2.05, 4.69) is 0 Å². The summed E-state index contributed by atoms with van der Waals surface area (Å²) < 4.78 is 10.8. The van der Waals surface area contributed by atoms with Gasteiger partial charge in [0.05, 0.1) is 0 Å². The van der Waals surface area contributed by atoms with Gasteiger partial charge in [-0.05, 0) is 54.3 Å². The highest BCUT2D eigenvalue weighted by Gasteiger charge is 2.46. The molecule has 0 radical (unpaired) electrons. The Morgan fingerprint density at radius 2 is 1.59 bits per heavy atom. The molecule has 2 amide bonds. The first-order valence-electron chi connectivity index (χ1n) is 9.83. The fraction of sp³-hybridized carbons (Fsp3) is 0.364. The summed E-state index contributed by atoms with van der Waals surface area (Å²) >= 11 is 5.89. The van der Waals surface area contributed by atoms with Gasteiger partial charge in [0.1, 0.15) is 0 Å².